The minimum absolute atomic E-state index is 0.412. The third kappa shape index (κ3) is 5.49. The lowest BCUT2D eigenvalue weighted by molar-refractivity contribution is 0.282. The number of methoxy groups -OCH3 is 1. The van der Waals surface area contributed by atoms with Crippen LogP contribution in [0.25, 0.3) is 0 Å². The third-order valence-corrected chi connectivity index (χ3v) is 4.57. The zero-order valence-electron chi connectivity index (χ0n) is 14.7. The van der Waals surface area contributed by atoms with Gasteiger partial charge < -0.3 is 9.47 Å². The second-order valence-corrected chi connectivity index (χ2v) is 6.98. The number of hydrazone groups is 1. The minimum atomic E-state index is 0.412. The van der Waals surface area contributed by atoms with Gasteiger partial charge in [0, 0.05) is 5.02 Å². The number of ether oxygens (including phenoxy) is 2. The van der Waals surface area contributed by atoms with E-state index in [1.54, 1.807) is 13.3 Å². The molecule has 0 atom stereocenters. The molecule has 4 nitrogen and oxygen atoms in total. The third-order valence-electron chi connectivity index (χ3n) is 3.73. The Morgan fingerprint density at radius 2 is 1.81 bits per heavy atom. The lowest BCUT2D eigenvalue weighted by atomic mass is 10.2. The molecule has 0 bridgehead atoms. The van der Waals surface area contributed by atoms with Gasteiger partial charge in [-0.2, -0.15) is 5.10 Å². The van der Waals surface area contributed by atoms with Crippen LogP contribution in [-0.4, -0.2) is 13.3 Å². The van der Waals surface area contributed by atoms with Crippen LogP contribution in [0, 0.1) is 0 Å². The molecular weight excluding hydrogens is 428 g/mol. The van der Waals surface area contributed by atoms with E-state index < -0.39 is 0 Å². The predicted molar refractivity (Wildman–Crippen MR) is 114 cm³/mol. The highest BCUT2D eigenvalue weighted by molar-refractivity contribution is 9.10. The lowest BCUT2D eigenvalue weighted by Gasteiger charge is -2.13. The molecule has 3 rings (SSSR count). The first-order valence-electron chi connectivity index (χ1n) is 8.24. The maximum atomic E-state index is 5.94. The second-order valence-electron chi connectivity index (χ2n) is 5.69. The first kappa shape index (κ1) is 19.3. The van der Waals surface area contributed by atoms with Gasteiger partial charge in [0.25, 0.3) is 0 Å². The van der Waals surface area contributed by atoms with Crippen molar-refractivity contribution in [3.63, 3.8) is 0 Å². The summed E-state index contributed by atoms with van der Waals surface area (Å²) < 4.78 is 12.2. The van der Waals surface area contributed by atoms with Gasteiger partial charge in [-0.25, -0.2) is 0 Å². The fourth-order valence-electron chi connectivity index (χ4n) is 2.38. The van der Waals surface area contributed by atoms with E-state index in [-0.39, 0.29) is 0 Å². The summed E-state index contributed by atoms with van der Waals surface area (Å²) in [7, 11) is 1.61. The summed E-state index contributed by atoms with van der Waals surface area (Å²) in [5, 5.41) is 4.95. The number of anilines is 1. The van der Waals surface area contributed by atoms with Gasteiger partial charge in [0.15, 0.2) is 11.5 Å². The zero-order valence-corrected chi connectivity index (χ0v) is 17.0. The summed E-state index contributed by atoms with van der Waals surface area (Å²) in [6, 6.07) is 21.1. The van der Waals surface area contributed by atoms with E-state index in [0.717, 1.165) is 21.3 Å². The Kier molecular flexibility index (Phi) is 6.74. The number of nitrogens with one attached hydrogen (secondary N) is 1. The van der Waals surface area contributed by atoms with Crippen molar-refractivity contribution in [2.45, 2.75) is 6.61 Å². The predicted octanol–water partition coefficient (Wildman–Crippen LogP) is 6.14. The van der Waals surface area contributed by atoms with Gasteiger partial charge in [0.2, 0.25) is 0 Å². The van der Waals surface area contributed by atoms with E-state index in [9.17, 15) is 0 Å². The largest absolute Gasteiger partial charge is 0.493 e. The number of benzene rings is 3. The van der Waals surface area contributed by atoms with Crippen LogP contribution < -0.4 is 14.9 Å². The molecule has 0 saturated carbocycles. The van der Waals surface area contributed by atoms with Crippen LogP contribution in [0.15, 0.2) is 76.3 Å². The van der Waals surface area contributed by atoms with Gasteiger partial charge in [-0.15, -0.1) is 0 Å². The van der Waals surface area contributed by atoms with Gasteiger partial charge in [-0.3, -0.25) is 5.43 Å². The Morgan fingerprint density at radius 1 is 1.07 bits per heavy atom. The monoisotopic (exact) mass is 444 g/mol. The topological polar surface area (TPSA) is 42.8 Å². The molecule has 6 heteroatoms. The molecule has 0 saturated heterocycles. The normalized spacial score (nSPS) is 10.8. The van der Waals surface area contributed by atoms with Crippen LogP contribution in [-0.2, 0) is 6.61 Å². The zero-order chi connectivity index (χ0) is 19.1. The molecule has 0 fully saturated rings. The van der Waals surface area contributed by atoms with Crippen LogP contribution in [0.5, 0.6) is 11.5 Å². The molecule has 138 valence electrons. The summed E-state index contributed by atoms with van der Waals surface area (Å²) in [5.74, 6) is 1.26. The van der Waals surface area contributed by atoms with Gasteiger partial charge in [0.05, 0.1) is 23.5 Å². The van der Waals surface area contributed by atoms with Crippen LogP contribution >= 0.6 is 27.5 Å². The maximum absolute atomic E-state index is 5.94. The van der Waals surface area contributed by atoms with Crippen molar-refractivity contribution in [2.75, 3.05) is 12.5 Å². The molecule has 0 amide bonds. The van der Waals surface area contributed by atoms with Crippen molar-refractivity contribution in [2.24, 2.45) is 5.10 Å². The highest BCUT2D eigenvalue weighted by Crippen LogP contribution is 2.37. The number of rotatable bonds is 7. The number of hydrogen-bond donors (Lipinski definition) is 1. The molecule has 3 aromatic carbocycles. The number of para-hydroxylation sites is 1. The molecule has 0 heterocycles. The first-order chi connectivity index (χ1) is 13.2. The Balaban J connectivity index is 1.71. The standard InChI is InChI=1S/C21H18BrClN2O2/c1-26-20-12-16(13-24-25-18-5-3-2-4-6-18)11-19(22)21(20)27-14-15-7-9-17(23)10-8-15/h2-13,25H,14H2,1H3/b24-13-. The van der Waals surface area contributed by atoms with Crippen LogP contribution in [0.4, 0.5) is 5.69 Å². The van der Waals surface area contributed by atoms with E-state index in [2.05, 4.69) is 26.5 Å². The number of halogens is 2. The van der Waals surface area contributed by atoms with Crippen molar-refractivity contribution < 1.29 is 9.47 Å². The van der Waals surface area contributed by atoms with Crippen molar-refractivity contribution in [3.05, 3.63) is 87.4 Å². The lowest BCUT2D eigenvalue weighted by Crippen LogP contribution is -2.00. The Hall–Kier alpha value is -2.50. The minimum Gasteiger partial charge on any atom is -0.493 e. The SMILES string of the molecule is COc1cc(/C=N\Nc2ccccc2)cc(Br)c1OCc1ccc(Cl)cc1. The van der Waals surface area contributed by atoms with Gasteiger partial charge in [0.1, 0.15) is 6.61 Å². The number of hydrogen-bond acceptors (Lipinski definition) is 4. The van der Waals surface area contributed by atoms with Gasteiger partial charge >= 0.3 is 0 Å². The van der Waals surface area contributed by atoms with Crippen LogP contribution in [0.3, 0.4) is 0 Å². The van der Waals surface area contributed by atoms with Gasteiger partial charge in [-0.1, -0.05) is 41.9 Å². The van der Waals surface area contributed by atoms with E-state index in [1.165, 1.54) is 0 Å². The molecule has 0 spiro atoms. The Morgan fingerprint density at radius 3 is 2.52 bits per heavy atom. The van der Waals surface area contributed by atoms with Crippen LogP contribution in [0.1, 0.15) is 11.1 Å². The summed E-state index contributed by atoms with van der Waals surface area (Å²) in [4.78, 5) is 0. The summed E-state index contributed by atoms with van der Waals surface area (Å²) in [5.41, 5.74) is 5.80. The first-order valence-corrected chi connectivity index (χ1v) is 9.41. The summed E-state index contributed by atoms with van der Waals surface area (Å²) in [6.45, 7) is 0.412. The molecule has 0 aromatic heterocycles. The number of nitrogens with zero attached hydrogens (tertiary/aromatic N) is 1. The molecule has 0 aliphatic rings. The Labute approximate surface area is 171 Å². The molecule has 3 aromatic rings. The van der Waals surface area contributed by atoms with Crippen molar-refractivity contribution in [1.82, 2.24) is 0 Å². The summed E-state index contributed by atoms with van der Waals surface area (Å²) >= 11 is 9.47. The van der Waals surface area contributed by atoms with Crippen molar-refractivity contribution in [1.29, 1.82) is 0 Å². The highest BCUT2D eigenvalue weighted by atomic mass is 79.9. The molecule has 0 aliphatic heterocycles. The summed E-state index contributed by atoms with van der Waals surface area (Å²) in [6.07, 6.45) is 1.73. The average molecular weight is 446 g/mol. The van der Waals surface area contributed by atoms with Crippen LogP contribution in [0.2, 0.25) is 5.02 Å². The van der Waals surface area contributed by atoms with E-state index >= 15 is 0 Å². The molecule has 1 N–H and O–H groups in total. The van der Waals surface area contributed by atoms with Crippen molar-refractivity contribution >= 4 is 39.4 Å². The average Bonchev–Trinajstić information content (AvgIpc) is 2.69. The van der Waals surface area contributed by atoms with Crippen molar-refractivity contribution in [3.8, 4) is 11.5 Å². The Bertz CT molecular complexity index is 915. The smallest absolute Gasteiger partial charge is 0.175 e. The molecule has 0 unspecified atom stereocenters. The van der Waals surface area contributed by atoms with E-state index in [1.807, 2.05) is 66.7 Å². The molecule has 0 radical (unpaired) electrons. The highest BCUT2D eigenvalue weighted by Gasteiger charge is 2.11. The quantitative estimate of drug-likeness (QED) is 0.351. The molecule has 0 aliphatic carbocycles. The van der Waals surface area contributed by atoms with E-state index in [0.29, 0.717) is 23.1 Å². The fraction of sp³-hybridized carbons (Fsp3) is 0.0952. The van der Waals surface area contributed by atoms with E-state index in [4.69, 9.17) is 21.1 Å². The molecular formula is C21H18BrClN2O2. The second kappa shape index (κ2) is 9.44. The molecule has 27 heavy (non-hydrogen) atoms. The maximum Gasteiger partial charge on any atom is 0.175 e. The fourth-order valence-corrected chi connectivity index (χ4v) is 3.08. The van der Waals surface area contributed by atoms with Gasteiger partial charge in [-0.05, 0) is 63.5 Å².